The summed E-state index contributed by atoms with van der Waals surface area (Å²) in [7, 11) is 0. The normalized spacial score (nSPS) is 14.1. The van der Waals surface area contributed by atoms with Gasteiger partial charge in [0, 0.05) is 17.5 Å². The fourth-order valence-electron chi connectivity index (χ4n) is 1.49. The van der Waals surface area contributed by atoms with E-state index < -0.39 is 6.10 Å². The van der Waals surface area contributed by atoms with E-state index in [0.717, 1.165) is 5.56 Å². The number of carbonyl (C=O) groups excluding carboxylic acids is 1. The van der Waals surface area contributed by atoms with Crippen molar-refractivity contribution in [1.29, 1.82) is 0 Å². The van der Waals surface area contributed by atoms with Gasteiger partial charge in [-0.25, -0.2) is 0 Å². The lowest BCUT2D eigenvalue weighted by molar-refractivity contribution is -0.124. The van der Waals surface area contributed by atoms with Crippen molar-refractivity contribution in [2.24, 2.45) is 5.92 Å². The Kier molecular flexibility index (Phi) is 5.45. The van der Waals surface area contributed by atoms with Gasteiger partial charge in [-0.2, -0.15) is 0 Å². The highest BCUT2D eigenvalue weighted by molar-refractivity contribution is 6.30. The van der Waals surface area contributed by atoms with Gasteiger partial charge in [0.2, 0.25) is 5.91 Å². The van der Waals surface area contributed by atoms with Crippen LogP contribution < -0.4 is 5.32 Å². The molecular weight excluding hydrogens is 238 g/mol. The summed E-state index contributed by atoms with van der Waals surface area (Å²) in [6, 6.07) is 7.47. The van der Waals surface area contributed by atoms with E-state index in [0.29, 0.717) is 18.0 Å². The Hall–Kier alpha value is -1.06. The molecule has 1 aromatic carbocycles. The molecule has 0 aliphatic rings. The first-order valence-corrected chi connectivity index (χ1v) is 6.07. The molecule has 0 aliphatic heterocycles. The number of amides is 1. The van der Waals surface area contributed by atoms with E-state index >= 15 is 0 Å². The molecule has 1 aromatic rings. The largest absolute Gasteiger partial charge is 0.392 e. The monoisotopic (exact) mass is 255 g/mol. The van der Waals surface area contributed by atoms with Gasteiger partial charge in [0.05, 0.1) is 6.10 Å². The number of aliphatic hydroxyl groups excluding tert-OH is 1. The minimum atomic E-state index is -0.512. The molecule has 2 unspecified atom stereocenters. The molecular formula is C13H18ClNO2. The van der Waals surface area contributed by atoms with Crippen LogP contribution in [0.2, 0.25) is 5.02 Å². The maximum absolute atomic E-state index is 11.7. The number of halogens is 1. The van der Waals surface area contributed by atoms with Gasteiger partial charge in [0.15, 0.2) is 0 Å². The van der Waals surface area contributed by atoms with Gasteiger partial charge >= 0.3 is 0 Å². The lowest BCUT2D eigenvalue weighted by Gasteiger charge is -2.13. The first-order chi connectivity index (χ1) is 7.99. The molecule has 0 aromatic heterocycles. The van der Waals surface area contributed by atoms with Crippen LogP contribution in [-0.2, 0) is 11.2 Å². The Labute approximate surface area is 107 Å². The summed E-state index contributed by atoms with van der Waals surface area (Å²) in [6.07, 6.45) is 0.157. The van der Waals surface area contributed by atoms with Crippen LogP contribution in [0, 0.1) is 5.92 Å². The van der Waals surface area contributed by atoms with E-state index in [2.05, 4.69) is 5.32 Å². The molecule has 1 amide bonds. The topological polar surface area (TPSA) is 49.3 Å². The standard InChI is InChI=1S/C13H18ClNO2/c1-9(13(17)15-8-10(2)16)7-11-3-5-12(14)6-4-11/h3-6,9-10,16H,7-8H2,1-2H3,(H,15,17). The molecule has 0 fully saturated rings. The van der Waals surface area contributed by atoms with Crippen LogP contribution in [0.3, 0.4) is 0 Å². The third-order valence-corrected chi connectivity index (χ3v) is 2.73. The Morgan fingerprint density at radius 3 is 2.47 bits per heavy atom. The summed E-state index contributed by atoms with van der Waals surface area (Å²) in [4.78, 5) is 11.7. The molecule has 0 radical (unpaired) electrons. The molecule has 17 heavy (non-hydrogen) atoms. The highest BCUT2D eigenvalue weighted by Crippen LogP contribution is 2.13. The van der Waals surface area contributed by atoms with E-state index in [1.165, 1.54) is 0 Å². The second kappa shape index (κ2) is 6.62. The summed E-state index contributed by atoms with van der Waals surface area (Å²) in [6.45, 7) is 3.81. The van der Waals surface area contributed by atoms with Crippen molar-refractivity contribution in [1.82, 2.24) is 5.32 Å². The van der Waals surface area contributed by atoms with Crippen LogP contribution in [0.15, 0.2) is 24.3 Å². The number of nitrogens with one attached hydrogen (secondary N) is 1. The predicted molar refractivity (Wildman–Crippen MR) is 69.0 cm³/mol. The van der Waals surface area contributed by atoms with Crippen molar-refractivity contribution in [2.75, 3.05) is 6.54 Å². The minimum Gasteiger partial charge on any atom is -0.392 e. The van der Waals surface area contributed by atoms with E-state index in [4.69, 9.17) is 16.7 Å². The molecule has 0 bridgehead atoms. The number of benzene rings is 1. The lowest BCUT2D eigenvalue weighted by atomic mass is 10.0. The van der Waals surface area contributed by atoms with E-state index in [1.807, 2.05) is 31.2 Å². The second-order valence-corrected chi connectivity index (χ2v) is 4.76. The van der Waals surface area contributed by atoms with E-state index in [1.54, 1.807) is 6.92 Å². The number of hydrogen-bond acceptors (Lipinski definition) is 2. The van der Waals surface area contributed by atoms with Crippen LogP contribution >= 0.6 is 11.6 Å². The Bertz CT molecular complexity index is 362. The zero-order chi connectivity index (χ0) is 12.8. The summed E-state index contributed by atoms with van der Waals surface area (Å²) in [5.74, 6) is -0.157. The fraction of sp³-hybridized carbons (Fsp3) is 0.462. The number of hydrogen-bond donors (Lipinski definition) is 2. The van der Waals surface area contributed by atoms with Gasteiger partial charge in [0.25, 0.3) is 0 Å². The number of aliphatic hydroxyl groups is 1. The Morgan fingerprint density at radius 1 is 1.35 bits per heavy atom. The predicted octanol–water partition coefficient (Wildman–Crippen LogP) is 2.02. The average Bonchev–Trinajstić information content (AvgIpc) is 2.28. The molecule has 0 spiro atoms. The van der Waals surface area contributed by atoms with Crippen LogP contribution in [0.25, 0.3) is 0 Å². The zero-order valence-corrected chi connectivity index (χ0v) is 10.9. The van der Waals surface area contributed by atoms with Gasteiger partial charge in [-0.15, -0.1) is 0 Å². The van der Waals surface area contributed by atoms with Crippen molar-refractivity contribution >= 4 is 17.5 Å². The Morgan fingerprint density at radius 2 is 1.94 bits per heavy atom. The summed E-state index contributed by atoms with van der Waals surface area (Å²) in [5, 5.41) is 12.5. The van der Waals surface area contributed by atoms with Crippen LogP contribution in [0.1, 0.15) is 19.4 Å². The summed E-state index contributed by atoms with van der Waals surface area (Å²) < 4.78 is 0. The zero-order valence-electron chi connectivity index (χ0n) is 10.1. The van der Waals surface area contributed by atoms with Crippen molar-refractivity contribution in [3.05, 3.63) is 34.9 Å². The smallest absolute Gasteiger partial charge is 0.223 e. The maximum Gasteiger partial charge on any atom is 0.223 e. The molecule has 0 saturated heterocycles. The molecule has 94 valence electrons. The SMILES string of the molecule is CC(O)CNC(=O)C(C)Cc1ccc(Cl)cc1. The molecule has 2 atom stereocenters. The highest BCUT2D eigenvalue weighted by Gasteiger charge is 2.13. The minimum absolute atomic E-state index is 0.0409. The lowest BCUT2D eigenvalue weighted by Crippen LogP contribution is -2.35. The van der Waals surface area contributed by atoms with Crippen LogP contribution in [0.5, 0.6) is 0 Å². The van der Waals surface area contributed by atoms with Crippen molar-refractivity contribution < 1.29 is 9.90 Å². The van der Waals surface area contributed by atoms with Crippen molar-refractivity contribution in [3.8, 4) is 0 Å². The first kappa shape index (κ1) is 14.0. The van der Waals surface area contributed by atoms with Gasteiger partial charge in [-0.1, -0.05) is 30.7 Å². The molecule has 2 N–H and O–H groups in total. The maximum atomic E-state index is 11.7. The third kappa shape index (κ3) is 5.20. The molecule has 0 saturated carbocycles. The van der Waals surface area contributed by atoms with Gasteiger partial charge < -0.3 is 10.4 Å². The molecule has 3 nitrogen and oxygen atoms in total. The summed E-state index contributed by atoms with van der Waals surface area (Å²) in [5.41, 5.74) is 1.08. The van der Waals surface area contributed by atoms with Gasteiger partial charge in [0.1, 0.15) is 0 Å². The number of rotatable bonds is 5. The van der Waals surface area contributed by atoms with Crippen molar-refractivity contribution in [2.45, 2.75) is 26.4 Å². The van der Waals surface area contributed by atoms with Crippen LogP contribution in [0.4, 0.5) is 0 Å². The first-order valence-electron chi connectivity index (χ1n) is 5.69. The van der Waals surface area contributed by atoms with Gasteiger partial charge in [-0.3, -0.25) is 4.79 Å². The average molecular weight is 256 g/mol. The Balaban J connectivity index is 2.45. The summed E-state index contributed by atoms with van der Waals surface area (Å²) >= 11 is 5.79. The fourth-order valence-corrected chi connectivity index (χ4v) is 1.62. The molecule has 1 rings (SSSR count). The van der Waals surface area contributed by atoms with Crippen LogP contribution in [-0.4, -0.2) is 23.7 Å². The number of carbonyl (C=O) groups is 1. The molecule has 0 aliphatic carbocycles. The van der Waals surface area contributed by atoms with Gasteiger partial charge in [-0.05, 0) is 31.0 Å². The highest BCUT2D eigenvalue weighted by atomic mass is 35.5. The second-order valence-electron chi connectivity index (χ2n) is 4.33. The van der Waals surface area contributed by atoms with Crippen molar-refractivity contribution in [3.63, 3.8) is 0 Å². The molecule has 4 heteroatoms. The third-order valence-electron chi connectivity index (χ3n) is 2.47. The molecule has 0 heterocycles. The van der Waals surface area contributed by atoms with E-state index in [9.17, 15) is 4.79 Å². The van der Waals surface area contributed by atoms with E-state index in [-0.39, 0.29) is 11.8 Å². The quantitative estimate of drug-likeness (QED) is 0.846.